The van der Waals surface area contributed by atoms with Gasteiger partial charge in [-0.15, -0.1) is 0 Å². The van der Waals surface area contributed by atoms with Crippen LogP contribution in [0, 0.1) is 5.92 Å². The number of benzene rings is 1. The highest BCUT2D eigenvalue weighted by Gasteiger charge is 2.32. The van der Waals surface area contributed by atoms with Crippen LogP contribution in [0.15, 0.2) is 65.6 Å². The molecule has 1 atom stereocenters. The van der Waals surface area contributed by atoms with E-state index in [0.717, 1.165) is 54.7 Å². The van der Waals surface area contributed by atoms with E-state index in [-0.39, 0.29) is 5.91 Å². The molecule has 0 bridgehead atoms. The molecule has 2 aromatic rings. The number of ether oxygens (including phenoxy) is 1. The number of likely N-dealkylation sites (tertiary alicyclic amines) is 1. The predicted molar refractivity (Wildman–Crippen MR) is 150 cm³/mol. The number of allylic oxidation sites excluding steroid dienone is 2. The van der Waals surface area contributed by atoms with Crippen molar-refractivity contribution in [2.45, 2.75) is 46.6 Å². The average molecular weight is 493 g/mol. The Morgan fingerprint density at radius 3 is 2.69 bits per heavy atom. The molecule has 1 amide bonds. The SMILES string of the molecule is C=C(OCCCCN(C)C)/C(C)=C(C)\C(=C/C)C(C)N1CC(CNC(=O)c2ccc3cc[nH]c3c2)C1. The molecule has 0 radical (unpaired) electrons. The maximum atomic E-state index is 12.6. The van der Waals surface area contributed by atoms with Crippen LogP contribution >= 0.6 is 0 Å². The van der Waals surface area contributed by atoms with E-state index in [0.29, 0.717) is 30.7 Å². The van der Waals surface area contributed by atoms with Gasteiger partial charge in [0.05, 0.1) is 6.61 Å². The number of rotatable bonds is 13. The molecule has 6 heteroatoms. The zero-order valence-electron chi connectivity index (χ0n) is 23.0. The molecule has 1 fully saturated rings. The van der Waals surface area contributed by atoms with Crippen LogP contribution in [0.2, 0.25) is 0 Å². The number of hydrogen-bond acceptors (Lipinski definition) is 4. The van der Waals surface area contributed by atoms with Gasteiger partial charge in [0, 0.05) is 48.9 Å². The highest BCUT2D eigenvalue weighted by Crippen LogP contribution is 2.29. The van der Waals surface area contributed by atoms with Crippen molar-refractivity contribution >= 4 is 16.8 Å². The van der Waals surface area contributed by atoms with Gasteiger partial charge in [-0.05, 0) is 101 Å². The van der Waals surface area contributed by atoms with Crippen molar-refractivity contribution in [2.24, 2.45) is 5.92 Å². The number of nitrogens with one attached hydrogen (secondary N) is 2. The monoisotopic (exact) mass is 492 g/mol. The number of H-pyrrole nitrogens is 1. The summed E-state index contributed by atoms with van der Waals surface area (Å²) in [5.74, 6) is 1.22. The van der Waals surface area contributed by atoms with Crippen LogP contribution in [0.4, 0.5) is 0 Å². The van der Waals surface area contributed by atoms with Crippen molar-refractivity contribution in [3.05, 3.63) is 71.2 Å². The number of carbonyl (C=O) groups excluding carboxylic acids is 1. The van der Waals surface area contributed by atoms with E-state index >= 15 is 0 Å². The van der Waals surface area contributed by atoms with E-state index in [1.807, 2.05) is 30.5 Å². The first-order chi connectivity index (χ1) is 17.2. The van der Waals surface area contributed by atoms with E-state index < -0.39 is 0 Å². The summed E-state index contributed by atoms with van der Waals surface area (Å²) in [5, 5.41) is 4.23. The normalized spacial score (nSPS) is 16.6. The summed E-state index contributed by atoms with van der Waals surface area (Å²) in [6.45, 7) is 17.2. The van der Waals surface area contributed by atoms with Crippen LogP contribution in [-0.2, 0) is 4.74 Å². The van der Waals surface area contributed by atoms with E-state index in [9.17, 15) is 4.79 Å². The molecular weight excluding hydrogens is 448 g/mol. The van der Waals surface area contributed by atoms with Gasteiger partial charge in [-0.3, -0.25) is 9.69 Å². The molecule has 1 aromatic heterocycles. The average Bonchev–Trinajstić information content (AvgIpc) is 3.30. The molecule has 2 N–H and O–H groups in total. The first-order valence-electron chi connectivity index (χ1n) is 13.1. The quantitative estimate of drug-likeness (QED) is 0.224. The zero-order chi connectivity index (χ0) is 26.2. The number of aromatic nitrogens is 1. The van der Waals surface area contributed by atoms with Gasteiger partial charge in [0.1, 0.15) is 5.76 Å². The highest BCUT2D eigenvalue weighted by atomic mass is 16.5. The summed E-state index contributed by atoms with van der Waals surface area (Å²) in [7, 11) is 4.19. The standard InChI is InChI=1S/C30H44N4O2/c1-8-28(22(3)21(2)24(5)36-16-10-9-15-33(6)7)23(4)34-19-25(20-34)18-32-30(35)27-12-11-26-13-14-31-29(26)17-27/h8,11-14,17,23,25,31H,5,9-10,15-16,18-20H2,1-4,6-7H3,(H,32,35)/b22-21-,28-8+. The molecule has 2 heterocycles. The molecule has 1 saturated heterocycles. The van der Waals surface area contributed by atoms with Crippen molar-refractivity contribution in [3.63, 3.8) is 0 Å². The number of aromatic amines is 1. The number of amides is 1. The second-order valence-corrected chi connectivity index (χ2v) is 10.3. The number of carbonyl (C=O) groups is 1. The Kier molecular flexibility index (Phi) is 9.97. The fourth-order valence-corrected chi connectivity index (χ4v) is 4.81. The summed E-state index contributed by atoms with van der Waals surface area (Å²) in [4.78, 5) is 20.5. The van der Waals surface area contributed by atoms with Crippen LogP contribution in [0.1, 0.15) is 50.9 Å². The van der Waals surface area contributed by atoms with Gasteiger partial charge in [-0.2, -0.15) is 0 Å². The van der Waals surface area contributed by atoms with Crippen molar-refractivity contribution in [2.75, 3.05) is 46.9 Å². The molecule has 1 aromatic carbocycles. The fraction of sp³-hybridized carbons (Fsp3) is 0.500. The third kappa shape index (κ3) is 7.11. The second-order valence-electron chi connectivity index (χ2n) is 10.3. The Bertz CT molecular complexity index is 1110. The van der Waals surface area contributed by atoms with Crippen LogP contribution in [0.5, 0.6) is 0 Å². The summed E-state index contributed by atoms with van der Waals surface area (Å²) in [6.07, 6.45) is 6.25. The first kappa shape index (κ1) is 27.8. The zero-order valence-corrected chi connectivity index (χ0v) is 23.0. The lowest BCUT2D eigenvalue weighted by Gasteiger charge is -2.44. The Morgan fingerprint density at radius 2 is 2.00 bits per heavy atom. The van der Waals surface area contributed by atoms with Crippen molar-refractivity contribution in [3.8, 4) is 0 Å². The first-order valence-corrected chi connectivity index (χ1v) is 13.1. The summed E-state index contributed by atoms with van der Waals surface area (Å²) in [5.41, 5.74) is 5.35. The van der Waals surface area contributed by atoms with Crippen LogP contribution < -0.4 is 5.32 Å². The van der Waals surface area contributed by atoms with Crippen molar-refractivity contribution in [1.82, 2.24) is 20.1 Å². The predicted octanol–water partition coefficient (Wildman–Crippen LogP) is 5.37. The van der Waals surface area contributed by atoms with Crippen LogP contribution in [0.3, 0.4) is 0 Å². The van der Waals surface area contributed by atoms with Gasteiger partial charge in [-0.25, -0.2) is 0 Å². The van der Waals surface area contributed by atoms with E-state index in [1.54, 1.807) is 0 Å². The number of unbranched alkanes of at least 4 members (excludes halogenated alkanes) is 1. The molecule has 3 rings (SSSR count). The molecule has 1 aliphatic rings. The maximum Gasteiger partial charge on any atom is 0.251 e. The number of hydrogen-bond donors (Lipinski definition) is 2. The molecule has 0 aliphatic carbocycles. The number of nitrogens with zero attached hydrogens (tertiary/aromatic N) is 2. The van der Waals surface area contributed by atoms with Gasteiger partial charge in [-0.1, -0.05) is 18.7 Å². The van der Waals surface area contributed by atoms with Gasteiger partial charge in [0.25, 0.3) is 5.91 Å². The maximum absolute atomic E-state index is 12.6. The third-order valence-corrected chi connectivity index (χ3v) is 7.35. The lowest BCUT2D eigenvalue weighted by molar-refractivity contribution is 0.0696. The highest BCUT2D eigenvalue weighted by molar-refractivity contribution is 5.97. The van der Waals surface area contributed by atoms with E-state index in [2.05, 4.69) is 74.5 Å². The van der Waals surface area contributed by atoms with Gasteiger partial charge in [0.2, 0.25) is 0 Å². The van der Waals surface area contributed by atoms with Gasteiger partial charge >= 0.3 is 0 Å². The van der Waals surface area contributed by atoms with E-state index in [4.69, 9.17) is 4.74 Å². The Morgan fingerprint density at radius 1 is 1.25 bits per heavy atom. The summed E-state index contributed by atoms with van der Waals surface area (Å²) >= 11 is 0. The van der Waals surface area contributed by atoms with Crippen molar-refractivity contribution in [1.29, 1.82) is 0 Å². The lowest BCUT2D eigenvalue weighted by atomic mass is 9.90. The van der Waals surface area contributed by atoms with Crippen LogP contribution in [-0.4, -0.2) is 73.6 Å². The van der Waals surface area contributed by atoms with Gasteiger partial charge in [0.15, 0.2) is 0 Å². The molecular formula is C30H44N4O2. The second kappa shape index (κ2) is 12.9. The van der Waals surface area contributed by atoms with Gasteiger partial charge < -0.3 is 19.9 Å². The largest absolute Gasteiger partial charge is 0.494 e. The molecule has 0 spiro atoms. The summed E-state index contributed by atoms with van der Waals surface area (Å²) in [6, 6.07) is 8.10. The Balaban J connectivity index is 1.45. The molecule has 36 heavy (non-hydrogen) atoms. The fourth-order valence-electron chi connectivity index (χ4n) is 4.81. The molecule has 196 valence electrons. The Labute approximate surface area is 217 Å². The molecule has 6 nitrogen and oxygen atoms in total. The van der Waals surface area contributed by atoms with Crippen LogP contribution in [0.25, 0.3) is 10.9 Å². The topological polar surface area (TPSA) is 60.6 Å². The van der Waals surface area contributed by atoms with E-state index in [1.165, 1.54) is 11.1 Å². The molecule has 1 aliphatic heterocycles. The Hall–Kier alpha value is -2.83. The summed E-state index contributed by atoms with van der Waals surface area (Å²) < 4.78 is 5.96. The number of fused-ring (bicyclic) bond motifs is 1. The van der Waals surface area contributed by atoms with Crippen molar-refractivity contribution < 1.29 is 9.53 Å². The minimum Gasteiger partial charge on any atom is -0.494 e. The molecule has 0 saturated carbocycles. The minimum atomic E-state index is -0.0122. The minimum absolute atomic E-state index is 0.0122. The third-order valence-electron chi connectivity index (χ3n) is 7.35. The smallest absolute Gasteiger partial charge is 0.251 e. The lowest BCUT2D eigenvalue weighted by Crippen LogP contribution is -2.55. The molecule has 1 unspecified atom stereocenters.